The Morgan fingerprint density at radius 2 is 1.89 bits per heavy atom. The van der Waals surface area contributed by atoms with E-state index < -0.39 is 0 Å². The Bertz CT molecular complexity index is 271. The van der Waals surface area contributed by atoms with E-state index in [0.717, 1.165) is 31.9 Å². The monoisotopic (exact) mass is 269 g/mol. The van der Waals surface area contributed by atoms with Gasteiger partial charge < -0.3 is 15.2 Å². The van der Waals surface area contributed by atoms with Crippen molar-refractivity contribution in [1.82, 2.24) is 5.32 Å². The van der Waals surface area contributed by atoms with Crippen molar-refractivity contribution in [2.75, 3.05) is 19.8 Å². The predicted molar refractivity (Wildman–Crippen MR) is 78.2 cm³/mol. The maximum Gasteiger partial charge on any atom is 0.0700 e. The number of hydrogen-bond donors (Lipinski definition) is 2. The lowest BCUT2D eigenvalue weighted by atomic mass is 9.67. The summed E-state index contributed by atoms with van der Waals surface area (Å²) in [5.74, 6) is 0.789. The number of aliphatic hydroxyl groups excluding tert-OH is 1. The zero-order chi connectivity index (χ0) is 13.9. The number of ether oxygens (including phenoxy) is 1. The first-order valence-corrected chi connectivity index (χ1v) is 7.93. The van der Waals surface area contributed by atoms with Gasteiger partial charge in [0.15, 0.2) is 0 Å². The number of rotatable bonds is 4. The molecule has 1 aliphatic heterocycles. The molecule has 1 atom stereocenters. The summed E-state index contributed by atoms with van der Waals surface area (Å²) in [6.07, 6.45) is 7.36. The lowest BCUT2D eigenvalue weighted by Crippen LogP contribution is -2.53. The van der Waals surface area contributed by atoms with E-state index in [9.17, 15) is 5.11 Å². The smallest absolute Gasteiger partial charge is 0.0700 e. The Balaban J connectivity index is 1.83. The summed E-state index contributed by atoms with van der Waals surface area (Å²) in [5.41, 5.74) is 0.351. The highest BCUT2D eigenvalue weighted by atomic mass is 16.5. The van der Waals surface area contributed by atoms with Crippen molar-refractivity contribution in [1.29, 1.82) is 0 Å². The van der Waals surface area contributed by atoms with Gasteiger partial charge in [-0.3, -0.25) is 0 Å². The minimum Gasteiger partial charge on any atom is -0.394 e. The molecule has 0 aromatic rings. The van der Waals surface area contributed by atoms with Crippen molar-refractivity contribution in [2.45, 2.75) is 70.9 Å². The van der Waals surface area contributed by atoms with Gasteiger partial charge in [0.1, 0.15) is 0 Å². The molecule has 0 spiro atoms. The van der Waals surface area contributed by atoms with Crippen LogP contribution in [0.15, 0.2) is 0 Å². The average Bonchev–Trinajstić information content (AvgIpc) is 2.89. The summed E-state index contributed by atoms with van der Waals surface area (Å²) in [7, 11) is 0. The molecule has 112 valence electrons. The third kappa shape index (κ3) is 3.93. The van der Waals surface area contributed by atoms with Gasteiger partial charge in [0.05, 0.1) is 12.7 Å². The van der Waals surface area contributed by atoms with Gasteiger partial charge in [-0.15, -0.1) is 0 Å². The second-order valence-corrected chi connectivity index (χ2v) is 7.59. The van der Waals surface area contributed by atoms with Crippen molar-refractivity contribution < 1.29 is 9.84 Å². The van der Waals surface area contributed by atoms with E-state index in [1.54, 1.807) is 0 Å². The van der Waals surface area contributed by atoms with Crippen molar-refractivity contribution in [3.8, 4) is 0 Å². The minimum atomic E-state index is -0.0479. The SMILES string of the molecule is CC(C)(C)C1CCC(CO)(NCC2CCCO2)CC1. The van der Waals surface area contributed by atoms with Crippen LogP contribution in [0.4, 0.5) is 0 Å². The Morgan fingerprint density at radius 3 is 2.37 bits per heavy atom. The van der Waals surface area contributed by atoms with E-state index in [0.29, 0.717) is 11.5 Å². The lowest BCUT2D eigenvalue weighted by molar-refractivity contribution is 0.0492. The van der Waals surface area contributed by atoms with Crippen LogP contribution in [-0.2, 0) is 4.74 Å². The largest absolute Gasteiger partial charge is 0.394 e. The maximum absolute atomic E-state index is 9.80. The van der Waals surface area contributed by atoms with E-state index in [1.165, 1.54) is 25.7 Å². The molecule has 19 heavy (non-hydrogen) atoms. The minimum absolute atomic E-state index is 0.0479. The van der Waals surface area contributed by atoms with Crippen molar-refractivity contribution in [3.63, 3.8) is 0 Å². The Hall–Kier alpha value is -0.120. The molecule has 2 N–H and O–H groups in total. The summed E-state index contributed by atoms with van der Waals surface area (Å²) >= 11 is 0. The number of hydrogen-bond acceptors (Lipinski definition) is 3. The lowest BCUT2D eigenvalue weighted by Gasteiger charge is -2.44. The maximum atomic E-state index is 9.80. The zero-order valence-electron chi connectivity index (χ0n) is 12.9. The summed E-state index contributed by atoms with van der Waals surface area (Å²) in [6.45, 7) is 9.08. The second kappa shape index (κ2) is 6.11. The molecule has 1 heterocycles. The van der Waals surface area contributed by atoms with E-state index in [1.807, 2.05) is 0 Å². The quantitative estimate of drug-likeness (QED) is 0.824. The van der Waals surface area contributed by atoms with Crippen LogP contribution in [-0.4, -0.2) is 36.5 Å². The van der Waals surface area contributed by atoms with Gasteiger partial charge in [0.2, 0.25) is 0 Å². The van der Waals surface area contributed by atoms with Crippen LogP contribution < -0.4 is 5.32 Å². The molecule has 0 aromatic heterocycles. The molecule has 0 radical (unpaired) electrons. The standard InChI is InChI=1S/C16H31NO2/c1-15(2,3)13-6-8-16(12-18,9-7-13)17-11-14-5-4-10-19-14/h13-14,17-18H,4-12H2,1-3H3. The Morgan fingerprint density at radius 1 is 1.21 bits per heavy atom. The highest BCUT2D eigenvalue weighted by molar-refractivity contribution is 4.95. The van der Waals surface area contributed by atoms with Crippen molar-refractivity contribution >= 4 is 0 Å². The van der Waals surface area contributed by atoms with Gasteiger partial charge in [-0.2, -0.15) is 0 Å². The normalized spacial score (nSPS) is 36.6. The molecular formula is C16H31NO2. The van der Waals surface area contributed by atoms with Gasteiger partial charge in [-0.1, -0.05) is 20.8 Å². The van der Waals surface area contributed by atoms with Crippen LogP contribution in [0, 0.1) is 11.3 Å². The first-order chi connectivity index (χ1) is 8.95. The fourth-order valence-electron chi connectivity index (χ4n) is 3.56. The van der Waals surface area contributed by atoms with Crippen LogP contribution >= 0.6 is 0 Å². The molecule has 2 fully saturated rings. The fourth-order valence-corrected chi connectivity index (χ4v) is 3.56. The van der Waals surface area contributed by atoms with Gasteiger partial charge >= 0.3 is 0 Å². The molecule has 2 aliphatic rings. The van der Waals surface area contributed by atoms with Crippen LogP contribution in [0.2, 0.25) is 0 Å². The molecule has 1 unspecified atom stereocenters. The summed E-state index contributed by atoms with van der Waals surface area (Å²) in [5, 5.41) is 13.4. The highest BCUT2D eigenvalue weighted by Gasteiger charge is 2.38. The topological polar surface area (TPSA) is 41.5 Å². The molecular weight excluding hydrogens is 238 g/mol. The van der Waals surface area contributed by atoms with Crippen molar-refractivity contribution in [3.05, 3.63) is 0 Å². The molecule has 3 nitrogen and oxygen atoms in total. The Kier molecular flexibility index (Phi) is 4.91. The third-order valence-electron chi connectivity index (χ3n) is 5.20. The molecule has 1 aliphatic carbocycles. The predicted octanol–water partition coefficient (Wildman–Crippen LogP) is 2.72. The summed E-state index contributed by atoms with van der Waals surface area (Å²) in [6, 6.07) is 0. The highest BCUT2D eigenvalue weighted by Crippen LogP contribution is 2.41. The van der Waals surface area contributed by atoms with Crippen LogP contribution in [0.1, 0.15) is 59.3 Å². The molecule has 1 saturated heterocycles. The first-order valence-electron chi connectivity index (χ1n) is 7.93. The fraction of sp³-hybridized carbons (Fsp3) is 1.00. The second-order valence-electron chi connectivity index (χ2n) is 7.59. The van der Waals surface area contributed by atoms with Gasteiger partial charge in [0, 0.05) is 18.7 Å². The summed E-state index contributed by atoms with van der Waals surface area (Å²) < 4.78 is 5.66. The zero-order valence-corrected chi connectivity index (χ0v) is 12.9. The molecule has 0 amide bonds. The van der Waals surface area contributed by atoms with Gasteiger partial charge in [-0.05, 0) is 49.9 Å². The van der Waals surface area contributed by atoms with Gasteiger partial charge in [-0.25, -0.2) is 0 Å². The summed E-state index contributed by atoms with van der Waals surface area (Å²) in [4.78, 5) is 0. The molecule has 0 bridgehead atoms. The van der Waals surface area contributed by atoms with E-state index in [4.69, 9.17) is 4.74 Å². The number of nitrogens with one attached hydrogen (secondary N) is 1. The van der Waals surface area contributed by atoms with Crippen LogP contribution in [0.25, 0.3) is 0 Å². The first kappa shape index (κ1) is 15.3. The van der Waals surface area contributed by atoms with E-state index >= 15 is 0 Å². The van der Waals surface area contributed by atoms with Crippen LogP contribution in [0.5, 0.6) is 0 Å². The number of aliphatic hydroxyl groups is 1. The van der Waals surface area contributed by atoms with Crippen molar-refractivity contribution in [2.24, 2.45) is 11.3 Å². The molecule has 0 aromatic carbocycles. The molecule has 2 rings (SSSR count). The Labute approximate surface area is 118 Å². The average molecular weight is 269 g/mol. The van der Waals surface area contributed by atoms with Crippen LogP contribution in [0.3, 0.4) is 0 Å². The van der Waals surface area contributed by atoms with E-state index in [-0.39, 0.29) is 12.1 Å². The third-order valence-corrected chi connectivity index (χ3v) is 5.20. The van der Waals surface area contributed by atoms with Gasteiger partial charge in [0.25, 0.3) is 0 Å². The van der Waals surface area contributed by atoms with E-state index in [2.05, 4.69) is 26.1 Å². The molecule has 3 heteroatoms. The molecule has 1 saturated carbocycles.